The number of anilines is 2. The first-order chi connectivity index (χ1) is 10.8. The number of aromatic nitrogens is 2. The fraction of sp³-hybridized carbons (Fsp3) is 0.692. The lowest BCUT2D eigenvalue weighted by Crippen LogP contribution is -2.37. The maximum atomic E-state index is 6.17. The molecule has 0 saturated carbocycles. The first-order valence-corrected chi connectivity index (χ1v) is 9.80. The molecule has 0 aromatic carbocycles. The number of fused-ring (bicyclic) bond motifs is 1. The lowest BCUT2D eigenvalue weighted by atomic mass is 10.2. The van der Waals surface area contributed by atoms with E-state index < -0.39 is 21.3 Å². The van der Waals surface area contributed by atoms with Crippen molar-refractivity contribution in [2.75, 3.05) is 40.9 Å². The largest absolute Gasteiger partial charge is 0.378 e. The summed E-state index contributed by atoms with van der Waals surface area (Å²) < 4.78 is 18.3. The fourth-order valence-electron chi connectivity index (χ4n) is 2.83. The maximum Gasteiger partial charge on any atom is 0.226 e. The van der Waals surface area contributed by atoms with Gasteiger partial charge < -0.3 is 14.4 Å². The molecule has 22 heavy (non-hydrogen) atoms. The standard InChI is InChI=1S/C13H17ClIN5O2/c14-13-16-11(19-4-7-21-8-5-19)10-12(17-13)20(15-18-10)9-3-1-2-6-22-9/h9H,1-8H2. The van der Waals surface area contributed by atoms with E-state index in [1.165, 1.54) is 6.42 Å². The molecular formula is C13H17ClIN5O2. The normalized spacial score (nSPS) is 25.0. The van der Waals surface area contributed by atoms with Crippen molar-refractivity contribution in [3.05, 3.63) is 5.28 Å². The van der Waals surface area contributed by atoms with Crippen LogP contribution in [0.5, 0.6) is 0 Å². The smallest absolute Gasteiger partial charge is 0.226 e. The third-order valence-corrected chi connectivity index (χ3v) is 6.36. The highest BCUT2D eigenvalue weighted by Gasteiger charge is 2.32. The Morgan fingerprint density at radius 2 is 1.91 bits per heavy atom. The summed E-state index contributed by atoms with van der Waals surface area (Å²) in [4.78, 5) is 11.1. The van der Waals surface area contributed by atoms with Crippen LogP contribution in [0.25, 0.3) is 0 Å². The van der Waals surface area contributed by atoms with Gasteiger partial charge in [-0.05, 0) is 30.9 Å². The summed E-state index contributed by atoms with van der Waals surface area (Å²) in [7, 11) is 0. The average molecular weight is 438 g/mol. The van der Waals surface area contributed by atoms with Crippen molar-refractivity contribution < 1.29 is 9.47 Å². The summed E-state index contributed by atoms with van der Waals surface area (Å²) in [6, 6.07) is 0. The Kier molecular flexibility index (Phi) is 4.43. The highest BCUT2D eigenvalue weighted by molar-refractivity contribution is 14.2. The molecule has 1 aromatic rings. The van der Waals surface area contributed by atoms with E-state index in [1.54, 1.807) is 0 Å². The van der Waals surface area contributed by atoms with Crippen molar-refractivity contribution in [3.8, 4) is 0 Å². The highest BCUT2D eigenvalue weighted by Crippen LogP contribution is 2.48. The van der Waals surface area contributed by atoms with Crippen LogP contribution in [0.15, 0.2) is 3.15 Å². The van der Waals surface area contributed by atoms with Crippen molar-refractivity contribution in [2.24, 2.45) is 3.15 Å². The number of hydrogen-bond donors (Lipinski definition) is 0. The quantitative estimate of drug-likeness (QED) is 0.403. The fourth-order valence-corrected chi connectivity index (χ4v) is 5.13. The number of morpholine rings is 1. The Morgan fingerprint density at radius 3 is 2.68 bits per heavy atom. The third-order valence-electron chi connectivity index (χ3n) is 3.95. The molecule has 3 aliphatic heterocycles. The monoisotopic (exact) mass is 437 g/mol. The van der Waals surface area contributed by atoms with Gasteiger partial charge >= 0.3 is 0 Å². The SMILES string of the molecule is Clc1nc(N2CCOCC2)c2c(n1)N(C1CCCCO1)I=N2. The van der Waals surface area contributed by atoms with Gasteiger partial charge in [0.25, 0.3) is 0 Å². The molecule has 4 rings (SSSR count). The summed E-state index contributed by atoms with van der Waals surface area (Å²) in [6.07, 6.45) is 3.45. The first kappa shape index (κ1) is 15.0. The molecule has 0 amide bonds. The Morgan fingerprint density at radius 1 is 1.09 bits per heavy atom. The van der Waals surface area contributed by atoms with Gasteiger partial charge in [-0.2, -0.15) is 13.1 Å². The molecule has 1 unspecified atom stereocenters. The van der Waals surface area contributed by atoms with E-state index >= 15 is 0 Å². The lowest BCUT2D eigenvalue weighted by Gasteiger charge is -2.31. The molecule has 7 nitrogen and oxygen atoms in total. The molecule has 3 aliphatic rings. The van der Waals surface area contributed by atoms with Gasteiger partial charge in [-0.15, -0.1) is 0 Å². The Balaban J connectivity index is 1.67. The zero-order valence-corrected chi connectivity index (χ0v) is 15.0. The molecule has 4 heterocycles. The van der Waals surface area contributed by atoms with E-state index in [4.69, 9.17) is 24.2 Å². The zero-order valence-electron chi connectivity index (χ0n) is 12.0. The molecule has 0 bridgehead atoms. The van der Waals surface area contributed by atoms with Crippen LogP contribution in [0.3, 0.4) is 0 Å². The second kappa shape index (κ2) is 6.50. The molecule has 1 atom stereocenters. The topological polar surface area (TPSA) is 63.1 Å². The van der Waals surface area contributed by atoms with Crippen LogP contribution in [0.1, 0.15) is 19.3 Å². The van der Waals surface area contributed by atoms with Gasteiger partial charge in [0.2, 0.25) is 5.28 Å². The summed E-state index contributed by atoms with van der Waals surface area (Å²) in [5.74, 6) is 1.69. The van der Waals surface area contributed by atoms with Crippen molar-refractivity contribution >= 4 is 50.2 Å². The summed E-state index contributed by atoms with van der Waals surface area (Å²) >= 11 is 5.66. The van der Waals surface area contributed by atoms with Crippen molar-refractivity contribution in [1.82, 2.24) is 9.97 Å². The number of ether oxygens (including phenoxy) is 2. The molecule has 0 spiro atoms. The van der Waals surface area contributed by atoms with Crippen LogP contribution in [0.4, 0.5) is 17.3 Å². The van der Waals surface area contributed by atoms with Crippen molar-refractivity contribution in [1.29, 1.82) is 0 Å². The molecular weight excluding hydrogens is 421 g/mol. The van der Waals surface area contributed by atoms with E-state index in [0.717, 1.165) is 49.9 Å². The molecule has 0 aliphatic carbocycles. The number of halogens is 2. The van der Waals surface area contributed by atoms with E-state index in [-0.39, 0.29) is 11.5 Å². The summed E-state index contributed by atoms with van der Waals surface area (Å²) in [5.41, 5.74) is 0.883. The average Bonchev–Trinajstić information content (AvgIpc) is 2.99. The molecule has 2 fully saturated rings. The zero-order chi connectivity index (χ0) is 14.9. The van der Waals surface area contributed by atoms with Crippen LogP contribution >= 0.6 is 32.9 Å². The van der Waals surface area contributed by atoms with Crippen LogP contribution in [-0.4, -0.2) is 49.1 Å². The highest BCUT2D eigenvalue weighted by atomic mass is 127. The lowest BCUT2D eigenvalue weighted by molar-refractivity contribution is 0.0273. The van der Waals surface area contributed by atoms with Crippen molar-refractivity contribution in [2.45, 2.75) is 25.5 Å². The van der Waals surface area contributed by atoms with Gasteiger partial charge in [-0.1, -0.05) is 0 Å². The molecule has 9 heteroatoms. The molecule has 0 radical (unpaired) electrons. The predicted molar refractivity (Wildman–Crippen MR) is 92.3 cm³/mol. The van der Waals surface area contributed by atoms with Gasteiger partial charge in [0.1, 0.15) is 27.5 Å². The predicted octanol–water partition coefficient (Wildman–Crippen LogP) is 3.01. The minimum absolute atomic E-state index is 0.0926. The van der Waals surface area contributed by atoms with Crippen LogP contribution in [0, 0.1) is 0 Å². The summed E-state index contributed by atoms with van der Waals surface area (Å²) in [6.45, 7) is 3.86. The van der Waals surface area contributed by atoms with E-state index in [9.17, 15) is 0 Å². The van der Waals surface area contributed by atoms with E-state index in [1.807, 2.05) is 0 Å². The van der Waals surface area contributed by atoms with Gasteiger partial charge in [0.15, 0.2) is 17.3 Å². The second-order valence-corrected chi connectivity index (χ2v) is 7.67. The first-order valence-electron chi connectivity index (χ1n) is 7.49. The van der Waals surface area contributed by atoms with Crippen LogP contribution in [-0.2, 0) is 9.47 Å². The Bertz CT molecular complexity index is 590. The molecule has 2 saturated heterocycles. The van der Waals surface area contributed by atoms with Gasteiger partial charge in [-0.25, -0.2) is 0 Å². The maximum absolute atomic E-state index is 6.17. The van der Waals surface area contributed by atoms with E-state index in [2.05, 4.69) is 18.0 Å². The van der Waals surface area contributed by atoms with Crippen LogP contribution in [0.2, 0.25) is 5.28 Å². The molecule has 120 valence electrons. The number of rotatable bonds is 2. The van der Waals surface area contributed by atoms with Gasteiger partial charge in [0.05, 0.1) is 13.2 Å². The van der Waals surface area contributed by atoms with Gasteiger partial charge in [0, 0.05) is 19.7 Å². The molecule has 0 N–H and O–H groups in total. The second-order valence-electron chi connectivity index (χ2n) is 5.38. The number of nitrogens with zero attached hydrogens (tertiary/aromatic N) is 5. The third kappa shape index (κ3) is 2.81. The molecule has 1 aromatic heterocycles. The minimum atomic E-state index is -0.517. The van der Waals surface area contributed by atoms with Gasteiger partial charge in [-0.3, -0.25) is 3.11 Å². The minimum Gasteiger partial charge on any atom is -0.378 e. The Labute approximate surface area is 144 Å². The Hall–Kier alpha value is -0.580. The number of hydrogen-bond acceptors (Lipinski definition) is 7. The van der Waals surface area contributed by atoms with Crippen LogP contribution < -0.4 is 8.01 Å². The summed E-state index contributed by atoms with van der Waals surface area (Å²) in [5, 5.41) is 0.280. The van der Waals surface area contributed by atoms with Crippen molar-refractivity contribution in [3.63, 3.8) is 0 Å². The van der Waals surface area contributed by atoms with E-state index in [0.29, 0.717) is 13.2 Å².